The maximum atomic E-state index is 11.1. The van der Waals surface area contributed by atoms with Crippen LogP contribution in [0.15, 0.2) is 48.5 Å². The second-order valence-electron chi connectivity index (χ2n) is 4.75. The van der Waals surface area contributed by atoms with E-state index in [2.05, 4.69) is 15.5 Å². The molecule has 0 saturated carbocycles. The number of primary amides is 1. The van der Waals surface area contributed by atoms with Gasteiger partial charge in [0.05, 0.1) is 5.69 Å². The fourth-order valence-electron chi connectivity index (χ4n) is 2.18. The molecule has 1 heterocycles. The first-order chi connectivity index (χ1) is 10.1. The quantitative estimate of drug-likeness (QED) is 0.772. The van der Waals surface area contributed by atoms with Crippen molar-refractivity contribution in [3.05, 3.63) is 59.8 Å². The molecule has 0 bridgehead atoms. The molecule has 1 amide bonds. The van der Waals surface area contributed by atoms with Crippen molar-refractivity contribution in [3.8, 4) is 0 Å². The minimum atomic E-state index is -0.442. The van der Waals surface area contributed by atoms with E-state index in [9.17, 15) is 4.79 Å². The fraction of sp³-hybridized carbons (Fsp3) is 0.0625. The topological polar surface area (TPSA) is 80.9 Å². The fourth-order valence-corrected chi connectivity index (χ4v) is 2.18. The van der Waals surface area contributed by atoms with Gasteiger partial charge in [0.25, 0.3) is 0 Å². The van der Waals surface area contributed by atoms with Crippen molar-refractivity contribution in [2.24, 2.45) is 5.73 Å². The van der Waals surface area contributed by atoms with E-state index in [1.54, 1.807) is 24.3 Å². The number of benzene rings is 2. The Labute approximate surface area is 121 Å². The first-order valence-corrected chi connectivity index (χ1v) is 6.54. The molecule has 3 aromatic rings. The molecule has 0 saturated heterocycles. The summed E-state index contributed by atoms with van der Waals surface area (Å²) < 4.78 is 0. The van der Waals surface area contributed by atoms with Crippen molar-refractivity contribution in [3.63, 3.8) is 0 Å². The third-order valence-corrected chi connectivity index (χ3v) is 3.30. The van der Waals surface area contributed by atoms with Crippen LogP contribution in [0.3, 0.4) is 0 Å². The highest BCUT2D eigenvalue weighted by atomic mass is 16.1. The van der Waals surface area contributed by atoms with Crippen molar-refractivity contribution >= 4 is 28.2 Å². The van der Waals surface area contributed by atoms with E-state index in [0.29, 0.717) is 11.4 Å². The predicted octanol–water partition coefficient (Wildman–Crippen LogP) is 2.78. The van der Waals surface area contributed by atoms with Gasteiger partial charge in [0.15, 0.2) is 5.82 Å². The van der Waals surface area contributed by atoms with E-state index in [-0.39, 0.29) is 0 Å². The molecule has 104 valence electrons. The number of hydrogen-bond acceptors (Lipinski definition) is 4. The van der Waals surface area contributed by atoms with Crippen LogP contribution in [0, 0.1) is 6.92 Å². The Morgan fingerprint density at radius 3 is 2.33 bits per heavy atom. The first kappa shape index (κ1) is 13.1. The smallest absolute Gasteiger partial charge is 0.248 e. The number of rotatable bonds is 3. The number of aromatic nitrogens is 2. The lowest BCUT2D eigenvalue weighted by Gasteiger charge is -2.09. The van der Waals surface area contributed by atoms with Crippen LogP contribution in [0.25, 0.3) is 10.8 Å². The predicted molar refractivity (Wildman–Crippen MR) is 82.5 cm³/mol. The highest BCUT2D eigenvalue weighted by molar-refractivity contribution is 5.95. The largest absolute Gasteiger partial charge is 0.366 e. The third-order valence-electron chi connectivity index (χ3n) is 3.30. The number of nitrogens with two attached hydrogens (primary N) is 1. The van der Waals surface area contributed by atoms with Gasteiger partial charge in [0, 0.05) is 22.0 Å². The SMILES string of the molecule is Cc1nnc(Nc2ccc(C(N)=O)cc2)c2ccccc12. The Balaban J connectivity index is 1.98. The summed E-state index contributed by atoms with van der Waals surface area (Å²) in [7, 11) is 0. The summed E-state index contributed by atoms with van der Waals surface area (Å²) in [6.45, 7) is 1.93. The summed E-state index contributed by atoms with van der Waals surface area (Å²) in [5.41, 5.74) is 7.41. The number of aryl methyl sites for hydroxylation is 1. The van der Waals surface area contributed by atoms with Crippen LogP contribution in [0.5, 0.6) is 0 Å². The summed E-state index contributed by atoms with van der Waals surface area (Å²) in [5.74, 6) is 0.241. The minimum Gasteiger partial charge on any atom is -0.366 e. The van der Waals surface area contributed by atoms with Crippen molar-refractivity contribution in [2.45, 2.75) is 6.92 Å². The first-order valence-electron chi connectivity index (χ1n) is 6.54. The number of nitrogens with one attached hydrogen (secondary N) is 1. The van der Waals surface area contributed by atoms with E-state index in [0.717, 1.165) is 22.2 Å². The molecule has 1 aromatic heterocycles. The number of anilines is 2. The number of amides is 1. The number of carbonyl (C=O) groups is 1. The number of fused-ring (bicyclic) bond motifs is 1. The molecular formula is C16H14N4O. The van der Waals surface area contributed by atoms with Gasteiger partial charge >= 0.3 is 0 Å². The third kappa shape index (κ3) is 2.53. The molecule has 0 aliphatic heterocycles. The molecule has 0 fully saturated rings. The molecular weight excluding hydrogens is 264 g/mol. The Morgan fingerprint density at radius 1 is 1.00 bits per heavy atom. The summed E-state index contributed by atoms with van der Waals surface area (Å²) in [6.07, 6.45) is 0. The number of nitrogens with zero attached hydrogens (tertiary/aromatic N) is 2. The summed E-state index contributed by atoms with van der Waals surface area (Å²) >= 11 is 0. The van der Waals surface area contributed by atoms with Gasteiger partial charge in [-0.25, -0.2) is 0 Å². The number of hydrogen-bond donors (Lipinski definition) is 2. The van der Waals surface area contributed by atoms with Crippen LogP contribution in [-0.2, 0) is 0 Å². The lowest BCUT2D eigenvalue weighted by molar-refractivity contribution is 0.100. The van der Waals surface area contributed by atoms with Gasteiger partial charge in [0.1, 0.15) is 0 Å². The molecule has 21 heavy (non-hydrogen) atoms. The normalized spacial score (nSPS) is 10.5. The van der Waals surface area contributed by atoms with Crippen LogP contribution in [-0.4, -0.2) is 16.1 Å². The maximum absolute atomic E-state index is 11.1. The Morgan fingerprint density at radius 2 is 1.67 bits per heavy atom. The molecule has 3 rings (SSSR count). The van der Waals surface area contributed by atoms with Gasteiger partial charge in [-0.2, -0.15) is 5.10 Å². The highest BCUT2D eigenvalue weighted by Gasteiger charge is 2.07. The molecule has 0 aliphatic carbocycles. The van der Waals surface area contributed by atoms with Gasteiger partial charge in [-0.15, -0.1) is 5.10 Å². The molecule has 0 radical (unpaired) electrons. The van der Waals surface area contributed by atoms with E-state index in [4.69, 9.17) is 5.73 Å². The van der Waals surface area contributed by atoms with E-state index in [1.807, 2.05) is 31.2 Å². The average Bonchev–Trinajstić information content (AvgIpc) is 2.51. The molecule has 0 atom stereocenters. The molecule has 3 N–H and O–H groups in total. The van der Waals surface area contributed by atoms with Gasteiger partial charge < -0.3 is 11.1 Å². The standard InChI is InChI=1S/C16H14N4O/c1-10-13-4-2-3-5-14(13)16(20-19-10)18-12-8-6-11(7-9-12)15(17)21/h2-9H,1H3,(H2,17,21)(H,18,20). The molecule has 2 aromatic carbocycles. The van der Waals surface area contributed by atoms with E-state index < -0.39 is 5.91 Å². The average molecular weight is 278 g/mol. The molecule has 0 aliphatic rings. The molecule has 5 heteroatoms. The summed E-state index contributed by atoms with van der Waals surface area (Å²) in [6, 6.07) is 14.9. The van der Waals surface area contributed by atoms with Crippen LogP contribution in [0.1, 0.15) is 16.1 Å². The Kier molecular flexibility index (Phi) is 3.23. The minimum absolute atomic E-state index is 0.442. The molecule has 5 nitrogen and oxygen atoms in total. The summed E-state index contributed by atoms with van der Waals surface area (Å²) in [5, 5.41) is 13.6. The van der Waals surface area contributed by atoms with Crippen molar-refractivity contribution in [1.82, 2.24) is 10.2 Å². The monoisotopic (exact) mass is 278 g/mol. The molecule has 0 unspecified atom stereocenters. The zero-order valence-electron chi connectivity index (χ0n) is 11.5. The van der Waals surface area contributed by atoms with Crippen LogP contribution < -0.4 is 11.1 Å². The van der Waals surface area contributed by atoms with Crippen molar-refractivity contribution in [1.29, 1.82) is 0 Å². The highest BCUT2D eigenvalue weighted by Crippen LogP contribution is 2.25. The Hall–Kier alpha value is -2.95. The van der Waals surface area contributed by atoms with Gasteiger partial charge in [0.2, 0.25) is 5.91 Å². The molecule has 0 spiro atoms. The van der Waals surface area contributed by atoms with Crippen LogP contribution in [0.4, 0.5) is 11.5 Å². The van der Waals surface area contributed by atoms with Gasteiger partial charge in [-0.05, 0) is 31.2 Å². The zero-order chi connectivity index (χ0) is 14.8. The van der Waals surface area contributed by atoms with Crippen molar-refractivity contribution in [2.75, 3.05) is 5.32 Å². The zero-order valence-corrected chi connectivity index (χ0v) is 11.5. The number of carbonyl (C=O) groups excluding carboxylic acids is 1. The van der Waals surface area contributed by atoms with Crippen LogP contribution in [0.2, 0.25) is 0 Å². The lowest BCUT2D eigenvalue weighted by Crippen LogP contribution is -2.10. The van der Waals surface area contributed by atoms with Gasteiger partial charge in [-0.3, -0.25) is 4.79 Å². The Bertz CT molecular complexity index is 812. The van der Waals surface area contributed by atoms with E-state index in [1.165, 1.54) is 0 Å². The van der Waals surface area contributed by atoms with Crippen molar-refractivity contribution < 1.29 is 4.79 Å². The van der Waals surface area contributed by atoms with Crippen LogP contribution >= 0.6 is 0 Å². The second kappa shape index (κ2) is 5.20. The van der Waals surface area contributed by atoms with E-state index >= 15 is 0 Å². The lowest BCUT2D eigenvalue weighted by atomic mass is 10.1. The maximum Gasteiger partial charge on any atom is 0.248 e. The van der Waals surface area contributed by atoms with Gasteiger partial charge in [-0.1, -0.05) is 24.3 Å². The summed E-state index contributed by atoms with van der Waals surface area (Å²) in [4.78, 5) is 11.1. The second-order valence-corrected chi connectivity index (χ2v) is 4.75.